The molecule has 1 aromatic rings. The summed E-state index contributed by atoms with van der Waals surface area (Å²) in [6, 6.07) is 11.1. The first-order valence-corrected chi connectivity index (χ1v) is 12.5. The van der Waals surface area contributed by atoms with Crippen molar-refractivity contribution >= 4 is 5.84 Å². The summed E-state index contributed by atoms with van der Waals surface area (Å²) in [6.07, 6.45) is 19.6. The van der Waals surface area contributed by atoms with Crippen molar-refractivity contribution in [3.63, 3.8) is 0 Å². The summed E-state index contributed by atoms with van der Waals surface area (Å²) in [5, 5.41) is 0. The lowest BCUT2D eigenvalue weighted by Crippen LogP contribution is -2.25. The van der Waals surface area contributed by atoms with E-state index in [1.165, 1.54) is 95.5 Å². The number of nitrogens with two attached hydrogens (primary N) is 1. The number of rotatable bonds is 18. The van der Waals surface area contributed by atoms with Crippen molar-refractivity contribution in [1.29, 1.82) is 0 Å². The fourth-order valence-electron chi connectivity index (χ4n) is 4.00. The molecule has 0 amide bonds. The van der Waals surface area contributed by atoms with E-state index in [1.54, 1.807) is 0 Å². The molecule has 0 fully saturated rings. The molecular formula is C27H48N2. The van der Waals surface area contributed by atoms with Crippen molar-refractivity contribution in [1.82, 2.24) is 0 Å². The summed E-state index contributed by atoms with van der Waals surface area (Å²) in [5.74, 6) is 1.17. The lowest BCUT2D eigenvalue weighted by atomic mass is 9.98. The van der Waals surface area contributed by atoms with Crippen LogP contribution in [0.15, 0.2) is 35.3 Å². The number of nitrogens with zero attached hydrogens (tertiary/aromatic N) is 1. The Kier molecular flexibility index (Phi) is 15.6. The van der Waals surface area contributed by atoms with E-state index in [-0.39, 0.29) is 0 Å². The van der Waals surface area contributed by atoms with Crippen molar-refractivity contribution < 1.29 is 0 Å². The molecule has 0 aromatic heterocycles. The predicted molar refractivity (Wildman–Crippen MR) is 131 cm³/mol. The molecular weight excluding hydrogens is 352 g/mol. The molecule has 0 saturated carbocycles. The second-order valence-corrected chi connectivity index (χ2v) is 8.91. The van der Waals surface area contributed by atoms with Crippen LogP contribution in [0.2, 0.25) is 0 Å². The molecule has 0 radical (unpaired) electrons. The molecule has 29 heavy (non-hydrogen) atoms. The highest BCUT2D eigenvalue weighted by molar-refractivity contribution is 5.82. The number of aliphatic imine (C=N–C) groups is 1. The van der Waals surface area contributed by atoms with Crippen molar-refractivity contribution in [3.8, 4) is 0 Å². The molecule has 0 aliphatic rings. The fourth-order valence-corrected chi connectivity index (χ4v) is 4.00. The Morgan fingerprint density at radius 3 is 1.76 bits per heavy atom. The molecule has 166 valence electrons. The molecule has 2 nitrogen and oxygen atoms in total. The molecule has 0 spiro atoms. The van der Waals surface area contributed by atoms with Gasteiger partial charge in [0.25, 0.3) is 0 Å². The third-order valence-corrected chi connectivity index (χ3v) is 6.00. The van der Waals surface area contributed by atoms with Gasteiger partial charge >= 0.3 is 0 Å². The molecule has 2 N–H and O–H groups in total. The Bertz CT molecular complexity index is 493. The van der Waals surface area contributed by atoms with E-state index in [0.29, 0.717) is 12.0 Å². The monoisotopic (exact) mass is 400 g/mol. The first kappa shape index (κ1) is 25.7. The van der Waals surface area contributed by atoms with E-state index in [2.05, 4.69) is 51.1 Å². The van der Waals surface area contributed by atoms with Gasteiger partial charge in [-0.25, -0.2) is 0 Å². The largest absolute Gasteiger partial charge is 0.387 e. The minimum absolute atomic E-state index is 0.314. The Labute approximate surface area is 181 Å². The number of hydrogen-bond donors (Lipinski definition) is 1. The third kappa shape index (κ3) is 13.5. The average Bonchev–Trinajstić information content (AvgIpc) is 2.73. The molecule has 1 unspecified atom stereocenters. The first-order valence-electron chi connectivity index (χ1n) is 12.5. The van der Waals surface area contributed by atoms with Crippen molar-refractivity contribution in [2.24, 2.45) is 16.6 Å². The highest BCUT2D eigenvalue weighted by Gasteiger charge is 2.12. The van der Waals surface area contributed by atoms with Crippen LogP contribution in [-0.2, 0) is 6.42 Å². The van der Waals surface area contributed by atoms with Crippen LogP contribution in [0.1, 0.15) is 116 Å². The second-order valence-electron chi connectivity index (χ2n) is 8.91. The van der Waals surface area contributed by atoms with Crippen LogP contribution in [-0.4, -0.2) is 11.9 Å². The van der Waals surface area contributed by atoms with Crippen molar-refractivity contribution in [2.45, 2.75) is 123 Å². The van der Waals surface area contributed by atoms with Gasteiger partial charge in [0.15, 0.2) is 0 Å². The summed E-state index contributed by atoms with van der Waals surface area (Å²) < 4.78 is 0. The zero-order chi connectivity index (χ0) is 21.2. The van der Waals surface area contributed by atoms with Crippen molar-refractivity contribution in [3.05, 3.63) is 35.9 Å². The quantitative estimate of drug-likeness (QED) is 0.151. The van der Waals surface area contributed by atoms with Crippen LogP contribution in [0.5, 0.6) is 0 Å². The highest BCUT2D eigenvalue weighted by atomic mass is 14.9. The van der Waals surface area contributed by atoms with E-state index >= 15 is 0 Å². The Balaban J connectivity index is 2.49. The first-order chi connectivity index (χ1) is 14.2. The maximum absolute atomic E-state index is 6.46. The topological polar surface area (TPSA) is 38.4 Å². The molecule has 0 saturated heterocycles. The van der Waals surface area contributed by atoms with Gasteiger partial charge < -0.3 is 5.73 Å². The van der Waals surface area contributed by atoms with Crippen molar-refractivity contribution in [2.75, 3.05) is 0 Å². The van der Waals surface area contributed by atoms with Crippen LogP contribution in [0.4, 0.5) is 0 Å². The summed E-state index contributed by atoms with van der Waals surface area (Å²) in [4.78, 5) is 5.03. The van der Waals surface area contributed by atoms with Gasteiger partial charge in [0.2, 0.25) is 0 Å². The maximum Gasteiger partial charge on any atom is 0.0972 e. The molecule has 1 aromatic carbocycles. The fraction of sp³-hybridized carbons (Fsp3) is 0.741. The van der Waals surface area contributed by atoms with Crippen LogP contribution in [0.3, 0.4) is 0 Å². The van der Waals surface area contributed by atoms with Gasteiger partial charge in [-0.2, -0.15) is 0 Å². The molecule has 2 heteroatoms. The lowest BCUT2D eigenvalue weighted by molar-refractivity contribution is 0.483. The minimum Gasteiger partial charge on any atom is -0.387 e. The van der Waals surface area contributed by atoms with Gasteiger partial charge in [-0.1, -0.05) is 128 Å². The molecule has 0 heterocycles. The second kappa shape index (κ2) is 17.5. The summed E-state index contributed by atoms with van der Waals surface area (Å²) in [6.45, 7) is 6.79. The van der Waals surface area contributed by atoms with Gasteiger partial charge in [0, 0.05) is 5.92 Å². The smallest absolute Gasteiger partial charge is 0.0972 e. The van der Waals surface area contributed by atoms with Crippen LogP contribution < -0.4 is 5.73 Å². The van der Waals surface area contributed by atoms with E-state index in [1.807, 2.05) is 0 Å². The summed E-state index contributed by atoms with van der Waals surface area (Å²) >= 11 is 0. The Hall–Kier alpha value is -1.31. The predicted octanol–water partition coefficient (Wildman–Crippen LogP) is 8.09. The average molecular weight is 401 g/mol. The zero-order valence-electron chi connectivity index (χ0n) is 19.7. The van der Waals surface area contributed by atoms with Gasteiger partial charge in [-0.05, 0) is 24.8 Å². The lowest BCUT2D eigenvalue weighted by Gasteiger charge is -2.17. The number of amidine groups is 1. The molecule has 0 bridgehead atoms. The SMILES string of the molecule is CCCCCCCCC(CCCCCCCC)N=C(N)C(C)Cc1ccccc1. The number of benzene rings is 1. The Morgan fingerprint density at radius 1 is 0.759 bits per heavy atom. The van der Waals surface area contributed by atoms with Crippen LogP contribution >= 0.6 is 0 Å². The van der Waals surface area contributed by atoms with E-state index in [4.69, 9.17) is 10.7 Å². The molecule has 0 aliphatic heterocycles. The van der Waals surface area contributed by atoms with E-state index in [9.17, 15) is 0 Å². The van der Waals surface area contributed by atoms with Gasteiger partial charge in [-0.15, -0.1) is 0 Å². The third-order valence-electron chi connectivity index (χ3n) is 6.00. The maximum atomic E-state index is 6.46. The van der Waals surface area contributed by atoms with Gasteiger partial charge in [0.1, 0.15) is 0 Å². The van der Waals surface area contributed by atoms with Gasteiger partial charge in [-0.3, -0.25) is 4.99 Å². The minimum atomic E-state index is 0.314. The summed E-state index contributed by atoms with van der Waals surface area (Å²) in [7, 11) is 0. The normalized spacial score (nSPS) is 13.2. The van der Waals surface area contributed by atoms with Crippen LogP contribution in [0.25, 0.3) is 0 Å². The number of hydrogen-bond acceptors (Lipinski definition) is 1. The van der Waals surface area contributed by atoms with E-state index in [0.717, 1.165) is 12.3 Å². The number of unbranched alkanes of at least 4 members (excludes halogenated alkanes) is 10. The zero-order valence-corrected chi connectivity index (χ0v) is 19.7. The van der Waals surface area contributed by atoms with Gasteiger partial charge in [0.05, 0.1) is 11.9 Å². The molecule has 1 atom stereocenters. The van der Waals surface area contributed by atoms with E-state index < -0.39 is 0 Å². The van der Waals surface area contributed by atoms with Crippen LogP contribution in [0, 0.1) is 5.92 Å². The highest BCUT2D eigenvalue weighted by Crippen LogP contribution is 2.18. The summed E-state index contributed by atoms with van der Waals surface area (Å²) in [5.41, 5.74) is 7.80. The molecule has 0 aliphatic carbocycles. The standard InChI is InChI=1S/C27H48N2/c1-4-6-8-10-12-17-21-26(22-18-13-11-9-7-5-2)29-27(28)24(3)23-25-19-15-14-16-20-25/h14-16,19-20,24,26H,4-13,17-18,21-23H2,1-3H3,(H2,28,29). The molecule has 1 rings (SSSR count). The Morgan fingerprint density at radius 2 is 1.24 bits per heavy atom.